The summed E-state index contributed by atoms with van der Waals surface area (Å²) in [5, 5.41) is 11.5. The van der Waals surface area contributed by atoms with E-state index in [9.17, 15) is 4.79 Å². The van der Waals surface area contributed by atoms with Crippen molar-refractivity contribution < 1.29 is 9.90 Å². The maximum absolute atomic E-state index is 10.1. The van der Waals surface area contributed by atoms with Crippen LogP contribution in [-0.4, -0.2) is 49.4 Å². The van der Waals surface area contributed by atoms with E-state index in [0.29, 0.717) is 0 Å². The summed E-state index contributed by atoms with van der Waals surface area (Å²) in [6.45, 7) is 3.35. The van der Waals surface area contributed by atoms with Crippen molar-refractivity contribution in [2.45, 2.75) is 0 Å². The third-order valence-corrected chi connectivity index (χ3v) is 1.44. The van der Waals surface area contributed by atoms with Crippen LogP contribution < -0.4 is 5.32 Å². The smallest absolute Gasteiger partial charge is 0.357 e. The van der Waals surface area contributed by atoms with Crippen LogP contribution in [0.1, 0.15) is 0 Å². The largest absolute Gasteiger partial charge is 0.488 e. The van der Waals surface area contributed by atoms with Gasteiger partial charge in [-0.25, -0.2) is 0 Å². The minimum atomic E-state index is -0.859. The Morgan fingerprint density at radius 2 is 2.10 bits per heavy atom. The van der Waals surface area contributed by atoms with Gasteiger partial charge in [0.05, 0.1) is 0 Å². The van der Waals surface area contributed by atoms with Gasteiger partial charge in [0.15, 0.2) is 0 Å². The van der Waals surface area contributed by atoms with E-state index in [0.717, 1.165) is 26.2 Å². The number of hydrogen-bond donors (Lipinski definition) is 2. The molecule has 0 amide bonds. The van der Waals surface area contributed by atoms with Gasteiger partial charge in [-0.1, -0.05) is 0 Å². The summed E-state index contributed by atoms with van der Waals surface area (Å²) < 4.78 is 0. The van der Waals surface area contributed by atoms with E-state index in [1.807, 2.05) is 0 Å². The summed E-state index contributed by atoms with van der Waals surface area (Å²) in [5.74, 6) is -0.859. The van der Waals surface area contributed by atoms with Crippen molar-refractivity contribution in [3.63, 3.8) is 0 Å². The van der Waals surface area contributed by atoms with Crippen LogP contribution in [0.4, 0.5) is 4.79 Å². The quantitative estimate of drug-likeness (QED) is 0.493. The monoisotopic (exact) mass is 141 g/mol. The summed E-state index contributed by atoms with van der Waals surface area (Å²) in [6.07, 6.45) is 0. The van der Waals surface area contributed by atoms with Crippen molar-refractivity contribution in [2.75, 3.05) is 26.2 Å². The maximum Gasteiger partial charge on any atom is 0.357 e. The highest BCUT2D eigenvalue weighted by atomic mass is 16.4. The molecule has 10 heavy (non-hydrogen) atoms. The van der Waals surface area contributed by atoms with Crippen molar-refractivity contribution in [1.82, 2.24) is 10.1 Å². The topological polar surface area (TPSA) is 52.6 Å². The van der Waals surface area contributed by atoms with Crippen molar-refractivity contribution in [1.29, 1.82) is 0 Å². The zero-order valence-corrected chi connectivity index (χ0v) is 5.71. The Morgan fingerprint density at radius 3 is 2.60 bits per heavy atom. The molecule has 4 nitrogen and oxygen atoms in total. The first-order chi connectivity index (χ1) is 4.79. The molecule has 0 aromatic heterocycles. The molecule has 0 bridgehead atoms. The molecule has 1 aliphatic heterocycles. The Labute approximate surface area is 60.5 Å². The standard InChI is InChI=1S/C5H10BN2O2/c9-5(10)6-8-3-1-7-2-4-8/h7H,1-4H2,(H,9,10). The number of piperazine rings is 1. The average Bonchev–Trinajstić information content (AvgIpc) is 1.88. The zero-order chi connectivity index (χ0) is 7.40. The maximum atomic E-state index is 10.1. The summed E-state index contributed by atoms with van der Waals surface area (Å²) in [7, 11) is 1.24. The molecule has 1 aliphatic rings. The molecular weight excluding hydrogens is 131 g/mol. The van der Waals surface area contributed by atoms with Crippen LogP contribution in [0.25, 0.3) is 0 Å². The van der Waals surface area contributed by atoms with E-state index in [4.69, 9.17) is 5.11 Å². The normalized spacial score (nSPS) is 20.4. The molecule has 0 aromatic carbocycles. The van der Waals surface area contributed by atoms with Gasteiger partial charge in [0.2, 0.25) is 0 Å². The van der Waals surface area contributed by atoms with E-state index >= 15 is 0 Å². The Balaban J connectivity index is 2.19. The lowest BCUT2D eigenvalue weighted by Crippen LogP contribution is -2.47. The number of nitrogens with one attached hydrogen (secondary N) is 1. The van der Waals surface area contributed by atoms with E-state index in [-0.39, 0.29) is 0 Å². The van der Waals surface area contributed by atoms with Gasteiger partial charge in [-0.2, -0.15) is 0 Å². The summed E-state index contributed by atoms with van der Waals surface area (Å²) in [4.78, 5) is 12.0. The van der Waals surface area contributed by atoms with Gasteiger partial charge in [-0.05, 0) is 0 Å². The first-order valence-corrected chi connectivity index (χ1v) is 3.31. The van der Waals surface area contributed by atoms with Gasteiger partial charge in [0, 0.05) is 26.2 Å². The fourth-order valence-corrected chi connectivity index (χ4v) is 0.967. The van der Waals surface area contributed by atoms with Crippen LogP contribution in [0.15, 0.2) is 0 Å². The van der Waals surface area contributed by atoms with Crippen molar-refractivity contribution in [2.24, 2.45) is 0 Å². The van der Waals surface area contributed by atoms with Crippen LogP contribution in [0.2, 0.25) is 0 Å². The molecule has 0 aliphatic carbocycles. The molecule has 0 aromatic rings. The first kappa shape index (κ1) is 7.56. The van der Waals surface area contributed by atoms with Crippen LogP contribution in [0.5, 0.6) is 0 Å². The zero-order valence-electron chi connectivity index (χ0n) is 5.71. The number of nitrogens with zero attached hydrogens (tertiary/aromatic N) is 1. The molecule has 1 fully saturated rings. The van der Waals surface area contributed by atoms with Gasteiger partial charge in [0.25, 0.3) is 5.87 Å². The second-order valence-corrected chi connectivity index (χ2v) is 2.25. The Bertz CT molecular complexity index is 125. The fraction of sp³-hybridized carbons (Fsp3) is 0.800. The lowest BCUT2D eigenvalue weighted by atomic mass is 9.91. The van der Waals surface area contributed by atoms with Crippen molar-refractivity contribution >= 4 is 13.3 Å². The molecule has 1 heterocycles. The molecule has 1 radical (unpaired) electrons. The van der Waals surface area contributed by atoms with Gasteiger partial charge < -0.3 is 15.2 Å². The summed E-state index contributed by atoms with van der Waals surface area (Å²) >= 11 is 0. The predicted molar refractivity (Wildman–Crippen MR) is 38.2 cm³/mol. The third kappa shape index (κ3) is 2.37. The molecule has 55 valence electrons. The van der Waals surface area contributed by atoms with E-state index in [2.05, 4.69) is 5.32 Å². The van der Waals surface area contributed by atoms with E-state index in [1.165, 1.54) is 7.41 Å². The SMILES string of the molecule is O=C(O)[B]N1CCNCC1. The molecular formula is C5H10BN2O2. The molecule has 1 saturated heterocycles. The van der Waals surface area contributed by atoms with Crippen LogP contribution >= 0.6 is 0 Å². The third-order valence-electron chi connectivity index (χ3n) is 1.44. The number of hydrogen-bond acceptors (Lipinski definition) is 3. The van der Waals surface area contributed by atoms with Gasteiger partial charge in [-0.3, -0.25) is 4.79 Å². The average molecular weight is 141 g/mol. The fourth-order valence-electron chi connectivity index (χ4n) is 0.967. The predicted octanol–water partition coefficient (Wildman–Crippen LogP) is -0.811. The van der Waals surface area contributed by atoms with Gasteiger partial charge in [-0.15, -0.1) is 0 Å². The molecule has 5 heteroatoms. The van der Waals surface area contributed by atoms with Crippen LogP contribution in [0.3, 0.4) is 0 Å². The second kappa shape index (κ2) is 3.58. The highest BCUT2D eigenvalue weighted by Gasteiger charge is 2.14. The molecule has 0 saturated carbocycles. The van der Waals surface area contributed by atoms with Crippen molar-refractivity contribution in [3.8, 4) is 0 Å². The number of rotatable bonds is 2. The lowest BCUT2D eigenvalue weighted by Gasteiger charge is -2.24. The molecule has 1 rings (SSSR count). The Kier molecular flexibility index (Phi) is 2.71. The minimum Gasteiger partial charge on any atom is -0.488 e. The Hall–Kier alpha value is -0.545. The Morgan fingerprint density at radius 1 is 1.50 bits per heavy atom. The van der Waals surface area contributed by atoms with Crippen LogP contribution in [0, 0.1) is 0 Å². The number of carboxylic acid groups (broad SMARTS) is 1. The van der Waals surface area contributed by atoms with E-state index in [1.54, 1.807) is 4.81 Å². The highest BCUT2D eigenvalue weighted by Crippen LogP contribution is 1.88. The molecule has 0 atom stereocenters. The van der Waals surface area contributed by atoms with Crippen LogP contribution in [-0.2, 0) is 0 Å². The first-order valence-electron chi connectivity index (χ1n) is 3.31. The number of carbonyl (C=O) groups is 1. The molecule has 2 N–H and O–H groups in total. The minimum absolute atomic E-state index is 0.798. The van der Waals surface area contributed by atoms with E-state index < -0.39 is 5.87 Å². The van der Waals surface area contributed by atoms with Gasteiger partial charge in [0.1, 0.15) is 0 Å². The molecule has 0 spiro atoms. The summed E-state index contributed by atoms with van der Waals surface area (Å²) in [6, 6.07) is 0. The second-order valence-electron chi connectivity index (χ2n) is 2.25. The highest BCUT2D eigenvalue weighted by molar-refractivity contribution is 6.69. The lowest BCUT2D eigenvalue weighted by molar-refractivity contribution is 0.216. The van der Waals surface area contributed by atoms with Gasteiger partial charge >= 0.3 is 7.41 Å². The van der Waals surface area contributed by atoms with Crippen molar-refractivity contribution in [3.05, 3.63) is 0 Å². The summed E-state index contributed by atoms with van der Waals surface area (Å²) in [5.41, 5.74) is 0. The molecule has 0 unspecified atom stereocenters.